The molecule has 1 aliphatic carbocycles. The molecule has 20 heavy (non-hydrogen) atoms. The highest BCUT2D eigenvalue weighted by Gasteiger charge is 2.49. The Labute approximate surface area is 116 Å². The van der Waals surface area contributed by atoms with Crippen LogP contribution in [0.25, 0.3) is 0 Å². The molecule has 2 amide bonds. The zero-order valence-electron chi connectivity index (χ0n) is 11.0. The third-order valence-electron chi connectivity index (χ3n) is 4.18. The van der Waals surface area contributed by atoms with Gasteiger partial charge in [0.15, 0.2) is 11.5 Å². The van der Waals surface area contributed by atoms with E-state index < -0.39 is 17.3 Å². The highest BCUT2D eigenvalue weighted by Crippen LogP contribution is 2.35. The lowest BCUT2D eigenvalue weighted by Crippen LogP contribution is -2.57. The smallest absolute Gasteiger partial charge is 0.273 e. The quantitative estimate of drug-likeness (QED) is 0.852. The van der Waals surface area contributed by atoms with Gasteiger partial charge in [0.25, 0.3) is 5.91 Å². The first-order chi connectivity index (χ1) is 9.61. The molecule has 5 nitrogen and oxygen atoms in total. The monoisotopic (exact) mass is 277 g/mol. The van der Waals surface area contributed by atoms with Gasteiger partial charge in [0.05, 0.1) is 18.0 Å². The SMILES string of the molecule is O=C1C[C@]2(NC(=O)c3ncccc3F)CCCC[C@@H]2N1. The maximum atomic E-state index is 13.6. The number of hydrogen-bond donors (Lipinski definition) is 2. The van der Waals surface area contributed by atoms with E-state index in [2.05, 4.69) is 15.6 Å². The Morgan fingerprint density at radius 2 is 2.35 bits per heavy atom. The molecule has 2 fully saturated rings. The zero-order valence-corrected chi connectivity index (χ0v) is 11.0. The van der Waals surface area contributed by atoms with Crippen LogP contribution in [0.15, 0.2) is 18.3 Å². The molecular formula is C14H16FN3O2. The highest BCUT2D eigenvalue weighted by molar-refractivity contribution is 5.94. The largest absolute Gasteiger partial charge is 0.351 e. The van der Waals surface area contributed by atoms with E-state index in [0.29, 0.717) is 0 Å². The van der Waals surface area contributed by atoms with E-state index in [-0.39, 0.29) is 24.1 Å². The van der Waals surface area contributed by atoms with Crippen molar-refractivity contribution in [2.45, 2.75) is 43.7 Å². The molecule has 1 aliphatic heterocycles. The molecule has 0 spiro atoms. The van der Waals surface area contributed by atoms with E-state index in [1.54, 1.807) is 0 Å². The molecule has 106 valence electrons. The molecule has 0 aromatic carbocycles. The van der Waals surface area contributed by atoms with Gasteiger partial charge in [-0.25, -0.2) is 9.37 Å². The van der Waals surface area contributed by atoms with Crippen molar-refractivity contribution >= 4 is 11.8 Å². The summed E-state index contributed by atoms with van der Waals surface area (Å²) in [6.45, 7) is 0. The van der Waals surface area contributed by atoms with Crippen molar-refractivity contribution in [2.24, 2.45) is 0 Å². The second-order valence-corrected chi connectivity index (χ2v) is 5.49. The summed E-state index contributed by atoms with van der Waals surface area (Å²) in [5.41, 5.74) is -0.804. The van der Waals surface area contributed by atoms with Gasteiger partial charge in [-0.1, -0.05) is 12.8 Å². The molecule has 1 saturated heterocycles. The lowest BCUT2D eigenvalue weighted by atomic mass is 9.78. The minimum absolute atomic E-state index is 0.0560. The maximum Gasteiger partial charge on any atom is 0.273 e. The fraction of sp³-hybridized carbons (Fsp3) is 0.500. The molecule has 1 aromatic heterocycles. The number of halogens is 1. The van der Waals surface area contributed by atoms with Gasteiger partial charge in [0, 0.05) is 6.20 Å². The van der Waals surface area contributed by atoms with Gasteiger partial charge in [-0.05, 0) is 25.0 Å². The molecular weight excluding hydrogens is 261 g/mol. The second-order valence-electron chi connectivity index (χ2n) is 5.49. The molecule has 2 N–H and O–H groups in total. The van der Waals surface area contributed by atoms with Crippen molar-refractivity contribution in [3.8, 4) is 0 Å². The molecule has 2 heterocycles. The standard InChI is InChI=1S/C14H16FN3O2/c15-9-4-3-7-16-12(9)13(20)18-14-6-2-1-5-10(14)17-11(19)8-14/h3-4,7,10H,1-2,5-6,8H2,(H,17,19)(H,18,20)/t10-,14+/m0/s1. The predicted molar refractivity (Wildman–Crippen MR) is 69.4 cm³/mol. The van der Waals surface area contributed by atoms with Gasteiger partial charge in [-0.2, -0.15) is 0 Å². The van der Waals surface area contributed by atoms with E-state index in [4.69, 9.17) is 0 Å². The number of nitrogens with zero attached hydrogens (tertiary/aromatic N) is 1. The van der Waals surface area contributed by atoms with Gasteiger partial charge in [-0.15, -0.1) is 0 Å². The van der Waals surface area contributed by atoms with Crippen molar-refractivity contribution in [2.75, 3.05) is 0 Å². The summed E-state index contributed by atoms with van der Waals surface area (Å²) >= 11 is 0. The number of rotatable bonds is 2. The number of fused-ring (bicyclic) bond motifs is 1. The van der Waals surface area contributed by atoms with E-state index >= 15 is 0 Å². The minimum atomic E-state index is -0.647. The first kappa shape index (κ1) is 13.0. The Morgan fingerprint density at radius 1 is 1.50 bits per heavy atom. The van der Waals surface area contributed by atoms with Crippen molar-refractivity contribution in [1.29, 1.82) is 0 Å². The maximum absolute atomic E-state index is 13.6. The zero-order chi connectivity index (χ0) is 14.2. The normalized spacial score (nSPS) is 28.6. The van der Waals surface area contributed by atoms with Gasteiger partial charge in [0.2, 0.25) is 5.91 Å². The Hall–Kier alpha value is -1.98. The van der Waals surface area contributed by atoms with Gasteiger partial charge < -0.3 is 10.6 Å². The average Bonchev–Trinajstić information content (AvgIpc) is 2.74. The van der Waals surface area contributed by atoms with Crippen LogP contribution in [0.2, 0.25) is 0 Å². The van der Waals surface area contributed by atoms with Crippen LogP contribution in [0.4, 0.5) is 4.39 Å². The summed E-state index contributed by atoms with van der Waals surface area (Å²) in [5, 5.41) is 5.76. The van der Waals surface area contributed by atoms with Crippen LogP contribution in [0, 0.1) is 5.82 Å². The number of pyridine rings is 1. The summed E-state index contributed by atoms with van der Waals surface area (Å²) in [4.78, 5) is 27.7. The molecule has 1 aromatic rings. The average molecular weight is 277 g/mol. The van der Waals surface area contributed by atoms with Crippen LogP contribution in [0.3, 0.4) is 0 Å². The van der Waals surface area contributed by atoms with Crippen LogP contribution >= 0.6 is 0 Å². The van der Waals surface area contributed by atoms with Gasteiger partial charge in [-0.3, -0.25) is 9.59 Å². The van der Waals surface area contributed by atoms with Crippen molar-refractivity contribution in [1.82, 2.24) is 15.6 Å². The molecule has 2 aliphatic rings. The van der Waals surface area contributed by atoms with Crippen LogP contribution in [0.5, 0.6) is 0 Å². The fourth-order valence-corrected chi connectivity index (χ4v) is 3.23. The van der Waals surface area contributed by atoms with Gasteiger partial charge in [0.1, 0.15) is 0 Å². The molecule has 0 bridgehead atoms. The molecule has 0 unspecified atom stereocenters. The molecule has 1 saturated carbocycles. The van der Waals surface area contributed by atoms with E-state index in [1.807, 2.05) is 0 Å². The van der Waals surface area contributed by atoms with Gasteiger partial charge >= 0.3 is 0 Å². The summed E-state index contributed by atoms with van der Waals surface area (Å²) in [6.07, 6.45) is 5.20. The number of nitrogens with one attached hydrogen (secondary N) is 2. The minimum Gasteiger partial charge on any atom is -0.351 e. The predicted octanol–water partition coefficient (Wildman–Crippen LogP) is 1.15. The highest BCUT2D eigenvalue weighted by atomic mass is 19.1. The summed E-state index contributed by atoms with van der Waals surface area (Å²) in [5.74, 6) is -1.25. The molecule has 2 atom stereocenters. The number of carbonyl (C=O) groups is 2. The first-order valence-corrected chi connectivity index (χ1v) is 6.83. The third-order valence-corrected chi connectivity index (χ3v) is 4.18. The summed E-state index contributed by atoms with van der Waals surface area (Å²) < 4.78 is 13.6. The molecule has 0 radical (unpaired) electrons. The Bertz CT molecular complexity index is 563. The van der Waals surface area contributed by atoms with Crippen LogP contribution in [0.1, 0.15) is 42.6 Å². The van der Waals surface area contributed by atoms with Crippen molar-refractivity contribution < 1.29 is 14.0 Å². The van der Waals surface area contributed by atoms with E-state index in [0.717, 1.165) is 25.7 Å². The summed E-state index contributed by atoms with van der Waals surface area (Å²) in [7, 11) is 0. The van der Waals surface area contributed by atoms with Crippen LogP contribution in [-0.2, 0) is 4.79 Å². The van der Waals surface area contributed by atoms with E-state index in [9.17, 15) is 14.0 Å². The van der Waals surface area contributed by atoms with Crippen molar-refractivity contribution in [3.05, 3.63) is 29.8 Å². The lowest BCUT2D eigenvalue weighted by molar-refractivity contribution is -0.119. The van der Waals surface area contributed by atoms with Crippen LogP contribution < -0.4 is 10.6 Å². The van der Waals surface area contributed by atoms with Crippen molar-refractivity contribution in [3.63, 3.8) is 0 Å². The Kier molecular flexibility index (Phi) is 3.16. The lowest BCUT2D eigenvalue weighted by Gasteiger charge is -2.38. The van der Waals surface area contributed by atoms with Crippen LogP contribution in [-0.4, -0.2) is 28.4 Å². The van der Waals surface area contributed by atoms with E-state index in [1.165, 1.54) is 18.3 Å². The number of carbonyl (C=O) groups excluding carboxylic acids is 2. The summed E-state index contributed by atoms with van der Waals surface area (Å²) in [6, 6.07) is 2.59. The Morgan fingerprint density at radius 3 is 3.15 bits per heavy atom. The number of hydrogen-bond acceptors (Lipinski definition) is 3. The topological polar surface area (TPSA) is 71.1 Å². The third kappa shape index (κ3) is 2.15. The first-order valence-electron chi connectivity index (χ1n) is 6.83. The fourth-order valence-electron chi connectivity index (χ4n) is 3.23. The number of amides is 2. The second kappa shape index (κ2) is 4.85. The molecule has 3 rings (SSSR count). The number of aromatic nitrogens is 1. The molecule has 6 heteroatoms. The Balaban J connectivity index is 1.84.